The van der Waals surface area contributed by atoms with E-state index in [0.717, 1.165) is 11.1 Å². The average molecular weight is 212 g/mol. The minimum atomic E-state index is -0.317. The second kappa shape index (κ2) is 4.50. The minimum Gasteiger partial charge on any atom is -0.395 e. The van der Waals surface area contributed by atoms with E-state index in [1.165, 1.54) is 0 Å². The first kappa shape index (κ1) is 10.9. The van der Waals surface area contributed by atoms with E-state index in [0.29, 0.717) is 0 Å². The van der Waals surface area contributed by atoms with Gasteiger partial charge in [0.1, 0.15) is 0 Å². The Kier molecular flexibility index (Phi) is 3.07. The van der Waals surface area contributed by atoms with Crippen molar-refractivity contribution in [1.29, 1.82) is 0 Å². The monoisotopic (exact) mass is 212 g/mol. The van der Waals surface area contributed by atoms with Gasteiger partial charge in [-0.1, -0.05) is 60.7 Å². The summed E-state index contributed by atoms with van der Waals surface area (Å²) in [7, 11) is 0. The highest BCUT2D eigenvalue weighted by Gasteiger charge is 2.27. The van der Waals surface area contributed by atoms with Crippen molar-refractivity contribution in [3.05, 3.63) is 71.8 Å². The largest absolute Gasteiger partial charge is 0.395 e. The zero-order valence-corrected chi connectivity index (χ0v) is 9.43. The van der Waals surface area contributed by atoms with E-state index in [4.69, 9.17) is 0 Å². The van der Waals surface area contributed by atoms with Crippen LogP contribution in [0, 0.1) is 0 Å². The molecule has 1 nitrogen and oxygen atoms in total. The fourth-order valence-electron chi connectivity index (χ4n) is 1.96. The van der Waals surface area contributed by atoms with Crippen LogP contribution in [-0.2, 0) is 5.41 Å². The molecule has 0 amide bonds. The number of rotatable bonds is 3. The van der Waals surface area contributed by atoms with Crippen LogP contribution in [0.4, 0.5) is 0 Å². The average Bonchev–Trinajstić information content (AvgIpc) is 2.40. The van der Waals surface area contributed by atoms with Crippen LogP contribution in [0.1, 0.15) is 18.1 Å². The molecule has 0 bridgehead atoms. The lowest BCUT2D eigenvalue weighted by atomic mass is 9.77. The highest BCUT2D eigenvalue weighted by Crippen LogP contribution is 2.30. The molecule has 2 aromatic carbocycles. The van der Waals surface area contributed by atoms with Crippen LogP contribution in [-0.4, -0.2) is 11.7 Å². The molecule has 2 aromatic rings. The third-order valence-corrected chi connectivity index (χ3v) is 3.14. The Bertz CT molecular complexity index is 394. The lowest BCUT2D eigenvalue weighted by Gasteiger charge is -2.28. The maximum Gasteiger partial charge on any atom is 0.0566 e. The van der Waals surface area contributed by atoms with Crippen molar-refractivity contribution in [2.24, 2.45) is 0 Å². The molecule has 82 valence electrons. The summed E-state index contributed by atoms with van der Waals surface area (Å²) in [6, 6.07) is 20.2. The molecule has 0 aliphatic heterocycles. The van der Waals surface area contributed by atoms with E-state index < -0.39 is 0 Å². The Balaban J connectivity index is 2.49. The quantitative estimate of drug-likeness (QED) is 0.829. The fraction of sp³-hybridized carbons (Fsp3) is 0.200. The molecule has 0 unspecified atom stereocenters. The van der Waals surface area contributed by atoms with Crippen LogP contribution in [0.3, 0.4) is 0 Å². The van der Waals surface area contributed by atoms with Gasteiger partial charge in [-0.2, -0.15) is 0 Å². The van der Waals surface area contributed by atoms with Crippen molar-refractivity contribution in [3.8, 4) is 0 Å². The van der Waals surface area contributed by atoms with Crippen LogP contribution < -0.4 is 0 Å². The van der Waals surface area contributed by atoms with Crippen molar-refractivity contribution in [3.63, 3.8) is 0 Å². The lowest BCUT2D eigenvalue weighted by Crippen LogP contribution is -2.27. The van der Waals surface area contributed by atoms with E-state index in [1.807, 2.05) is 36.4 Å². The number of aliphatic hydroxyl groups excluding tert-OH is 1. The summed E-state index contributed by atoms with van der Waals surface area (Å²) in [6.45, 7) is 2.18. The molecule has 1 N–H and O–H groups in total. The Morgan fingerprint density at radius 2 is 1.19 bits per heavy atom. The number of benzene rings is 2. The summed E-state index contributed by atoms with van der Waals surface area (Å²) in [6.07, 6.45) is 0. The van der Waals surface area contributed by atoms with Gasteiger partial charge in [0, 0.05) is 5.41 Å². The van der Waals surface area contributed by atoms with Crippen molar-refractivity contribution < 1.29 is 5.11 Å². The second-order valence-corrected chi connectivity index (χ2v) is 4.22. The van der Waals surface area contributed by atoms with Crippen molar-refractivity contribution in [1.82, 2.24) is 0 Å². The molecule has 0 atom stereocenters. The minimum absolute atomic E-state index is 0.112. The fourth-order valence-corrected chi connectivity index (χ4v) is 1.96. The smallest absolute Gasteiger partial charge is 0.0566 e. The van der Waals surface area contributed by atoms with E-state index in [2.05, 4.69) is 31.2 Å². The summed E-state index contributed by atoms with van der Waals surface area (Å²) >= 11 is 0. The Morgan fingerprint density at radius 3 is 1.50 bits per heavy atom. The van der Waals surface area contributed by atoms with E-state index >= 15 is 0 Å². The molecule has 0 saturated heterocycles. The number of hydrogen-bond acceptors (Lipinski definition) is 1. The van der Waals surface area contributed by atoms with Crippen molar-refractivity contribution in [2.45, 2.75) is 12.3 Å². The van der Waals surface area contributed by atoms with Gasteiger partial charge in [0.05, 0.1) is 6.61 Å². The van der Waals surface area contributed by atoms with Gasteiger partial charge >= 0.3 is 0 Å². The van der Waals surface area contributed by atoms with Crippen LogP contribution in [0.5, 0.6) is 0 Å². The summed E-state index contributed by atoms with van der Waals surface area (Å²) in [4.78, 5) is 0. The van der Waals surface area contributed by atoms with E-state index in [9.17, 15) is 5.11 Å². The molecule has 2 rings (SSSR count). The van der Waals surface area contributed by atoms with Gasteiger partial charge in [-0.3, -0.25) is 0 Å². The van der Waals surface area contributed by atoms with Gasteiger partial charge in [0.25, 0.3) is 0 Å². The molecular formula is C15H16O. The van der Waals surface area contributed by atoms with Gasteiger partial charge < -0.3 is 5.11 Å². The van der Waals surface area contributed by atoms with Crippen LogP contribution in [0.2, 0.25) is 0 Å². The van der Waals surface area contributed by atoms with Gasteiger partial charge in [0.15, 0.2) is 0 Å². The van der Waals surface area contributed by atoms with Crippen LogP contribution in [0.25, 0.3) is 0 Å². The molecule has 0 saturated carbocycles. The predicted octanol–water partition coefficient (Wildman–Crippen LogP) is 2.98. The first-order chi connectivity index (χ1) is 7.77. The van der Waals surface area contributed by atoms with Crippen molar-refractivity contribution in [2.75, 3.05) is 6.61 Å². The standard InChI is InChI=1S/C15H16O/c1-15(12-16,13-8-4-2-5-9-13)14-10-6-3-7-11-14/h2-11,16H,12H2,1H3. The Hall–Kier alpha value is -1.60. The molecule has 16 heavy (non-hydrogen) atoms. The van der Waals surface area contributed by atoms with Gasteiger partial charge in [0.2, 0.25) is 0 Å². The van der Waals surface area contributed by atoms with Gasteiger partial charge in [-0.15, -0.1) is 0 Å². The first-order valence-corrected chi connectivity index (χ1v) is 5.49. The summed E-state index contributed by atoms with van der Waals surface area (Å²) in [5, 5.41) is 9.69. The first-order valence-electron chi connectivity index (χ1n) is 5.49. The zero-order valence-electron chi connectivity index (χ0n) is 9.43. The second-order valence-electron chi connectivity index (χ2n) is 4.22. The van der Waals surface area contributed by atoms with Crippen molar-refractivity contribution >= 4 is 0 Å². The van der Waals surface area contributed by atoms with Crippen LogP contribution >= 0.6 is 0 Å². The third-order valence-electron chi connectivity index (χ3n) is 3.14. The van der Waals surface area contributed by atoms with E-state index in [-0.39, 0.29) is 12.0 Å². The SMILES string of the molecule is CC(CO)(c1ccccc1)c1ccccc1. The summed E-state index contributed by atoms with van der Waals surface area (Å²) < 4.78 is 0. The molecule has 0 fully saturated rings. The molecule has 0 radical (unpaired) electrons. The Morgan fingerprint density at radius 1 is 0.812 bits per heavy atom. The van der Waals surface area contributed by atoms with Gasteiger partial charge in [-0.25, -0.2) is 0 Å². The number of aliphatic hydroxyl groups is 1. The van der Waals surface area contributed by atoms with Crippen LogP contribution in [0.15, 0.2) is 60.7 Å². The Labute approximate surface area is 96.4 Å². The van der Waals surface area contributed by atoms with E-state index in [1.54, 1.807) is 0 Å². The molecule has 0 heterocycles. The molecule has 0 spiro atoms. The molecular weight excluding hydrogens is 196 g/mol. The third kappa shape index (κ3) is 1.86. The number of hydrogen-bond donors (Lipinski definition) is 1. The maximum atomic E-state index is 9.69. The highest BCUT2D eigenvalue weighted by molar-refractivity contribution is 5.38. The van der Waals surface area contributed by atoms with Gasteiger partial charge in [-0.05, 0) is 18.1 Å². The maximum absolute atomic E-state index is 9.69. The normalized spacial score (nSPS) is 11.4. The molecule has 1 heteroatoms. The predicted molar refractivity (Wildman–Crippen MR) is 66.4 cm³/mol. The highest BCUT2D eigenvalue weighted by atomic mass is 16.3. The summed E-state index contributed by atoms with van der Waals surface area (Å²) in [5.74, 6) is 0. The molecule has 0 aromatic heterocycles. The zero-order chi connectivity index (χ0) is 11.4. The summed E-state index contributed by atoms with van der Waals surface area (Å²) in [5.41, 5.74) is 1.97. The molecule has 0 aliphatic carbocycles. The molecule has 0 aliphatic rings. The topological polar surface area (TPSA) is 20.2 Å². The lowest BCUT2D eigenvalue weighted by molar-refractivity contribution is 0.231.